The highest BCUT2D eigenvalue weighted by atomic mass is 79.9. The van der Waals surface area contributed by atoms with Gasteiger partial charge in [0.2, 0.25) is 0 Å². The summed E-state index contributed by atoms with van der Waals surface area (Å²) in [6.45, 7) is 2.55. The van der Waals surface area contributed by atoms with E-state index in [4.69, 9.17) is 21.6 Å². The molecule has 0 bridgehead atoms. The first kappa shape index (κ1) is 15.7. The molecule has 0 aliphatic carbocycles. The molecule has 21 heavy (non-hydrogen) atoms. The molecule has 1 N–H and O–H groups in total. The molecular weight excluding hydrogens is 352 g/mol. The Morgan fingerprint density at radius 2 is 2.10 bits per heavy atom. The van der Waals surface area contributed by atoms with Crippen molar-refractivity contribution in [2.24, 2.45) is 0 Å². The molecule has 0 amide bonds. The molecule has 0 aromatic heterocycles. The third-order valence-electron chi connectivity index (χ3n) is 3.12. The maximum atomic E-state index is 9.09. The van der Waals surface area contributed by atoms with E-state index >= 15 is 0 Å². The number of nitrogens with zero attached hydrogens (tertiary/aromatic N) is 1. The van der Waals surface area contributed by atoms with Gasteiger partial charge in [0.05, 0.1) is 18.4 Å². The Balaban J connectivity index is 2.17. The molecule has 0 radical (unpaired) electrons. The third-order valence-corrected chi connectivity index (χ3v) is 4.18. The van der Waals surface area contributed by atoms with Crippen molar-refractivity contribution in [2.75, 3.05) is 12.4 Å². The van der Waals surface area contributed by atoms with Crippen LogP contribution in [0.4, 0.5) is 5.69 Å². The van der Waals surface area contributed by atoms with Crippen molar-refractivity contribution >= 4 is 33.2 Å². The molecule has 0 aliphatic heterocycles. The van der Waals surface area contributed by atoms with Crippen LogP contribution in [0.15, 0.2) is 34.8 Å². The summed E-state index contributed by atoms with van der Waals surface area (Å²) in [5.41, 5.74) is 3.46. The van der Waals surface area contributed by atoms with Crippen LogP contribution in [0.2, 0.25) is 5.02 Å². The Morgan fingerprint density at radius 3 is 2.76 bits per heavy atom. The van der Waals surface area contributed by atoms with E-state index in [0.29, 0.717) is 22.9 Å². The summed E-state index contributed by atoms with van der Waals surface area (Å²) in [5.74, 6) is 0.584. The number of benzene rings is 2. The molecule has 0 saturated heterocycles. The lowest BCUT2D eigenvalue weighted by molar-refractivity contribution is 0.413. The number of methoxy groups -OCH3 is 1. The summed E-state index contributed by atoms with van der Waals surface area (Å²) in [6.07, 6.45) is 0. The van der Waals surface area contributed by atoms with Gasteiger partial charge in [-0.25, -0.2) is 0 Å². The second-order valence-corrected chi connectivity index (χ2v) is 5.84. The molecule has 0 atom stereocenters. The van der Waals surface area contributed by atoms with Crippen molar-refractivity contribution in [3.8, 4) is 11.8 Å². The molecule has 2 aromatic rings. The van der Waals surface area contributed by atoms with E-state index in [1.807, 2.05) is 31.2 Å². The van der Waals surface area contributed by atoms with Gasteiger partial charge in [0.1, 0.15) is 11.8 Å². The highest BCUT2D eigenvalue weighted by molar-refractivity contribution is 9.10. The van der Waals surface area contributed by atoms with Crippen LogP contribution < -0.4 is 10.1 Å². The Labute approximate surface area is 137 Å². The Kier molecular flexibility index (Phi) is 5.11. The van der Waals surface area contributed by atoms with Crippen LogP contribution in [0.3, 0.4) is 0 Å². The topological polar surface area (TPSA) is 45.0 Å². The minimum absolute atomic E-state index is 0.526. The van der Waals surface area contributed by atoms with Crippen molar-refractivity contribution in [1.82, 2.24) is 0 Å². The number of nitriles is 1. The molecule has 2 rings (SSSR count). The number of halogens is 2. The molecular formula is C16H14BrClN2O. The largest absolute Gasteiger partial charge is 0.495 e. The normalized spacial score (nSPS) is 10.0. The van der Waals surface area contributed by atoms with Crippen LogP contribution in [-0.2, 0) is 6.54 Å². The number of aryl methyl sites for hydroxylation is 1. The van der Waals surface area contributed by atoms with Crippen molar-refractivity contribution in [1.29, 1.82) is 5.26 Å². The van der Waals surface area contributed by atoms with Crippen LogP contribution in [0.5, 0.6) is 5.75 Å². The summed E-state index contributed by atoms with van der Waals surface area (Å²) < 4.78 is 6.09. The van der Waals surface area contributed by atoms with Crippen molar-refractivity contribution in [2.45, 2.75) is 13.5 Å². The van der Waals surface area contributed by atoms with Gasteiger partial charge in [0.15, 0.2) is 0 Å². The van der Waals surface area contributed by atoms with Gasteiger partial charge < -0.3 is 10.1 Å². The van der Waals surface area contributed by atoms with Gasteiger partial charge >= 0.3 is 0 Å². The summed E-state index contributed by atoms with van der Waals surface area (Å²) >= 11 is 9.65. The lowest BCUT2D eigenvalue weighted by Gasteiger charge is -2.11. The molecule has 3 nitrogen and oxygen atoms in total. The van der Waals surface area contributed by atoms with E-state index in [1.165, 1.54) is 0 Å². The highest BCUT2D eigenvalue weighted by Crippen LogP contribution is 2.29. The first-order valence-corrected chi connectivity index (χ1v) is 7.48. The van der Waals surface area contributed by atoms with Gasteiger partial charge in [-0.2, -0.15) is 5.26 Å². The molecule has 0 unspecified atom stereocenters. The minimum atomic E-state index is 0.526. The first-order chi connectivity index (χ1) is 10.0. The number of anilines is 1. The maximum absolute atomic E-state index is 9.09. The summed E-state index contributed by atoms with van der Waals surface area (Å²) in [7, 11) is 1.56. The summed E-state index contributed by atoms with van der Waals surface area (Å²) in [4.78, 5) is 0. The first-order valence-electron chi connectivity index (χ1n) is 6.31. The number of hydrogen-bond acceptors (Lipinski definition) is 3. The molecule has 0 fully saturated rings. The van der Waals surface area contributed by atoms with Gasteiger partial charge in [-0.3, -0.25) is 0 Å². The second kappa shape index (κ2) is 6.84. The highest BCUT2D eigenvalue weighted by Gasteiger charge is 2.06. The molecule has 5 heteroatoms. The van der Waals surface area contributed by atoms with Gasteiger partial charge in [0, 0.05) is 16.0 Å². The van der Waals surface area contributed by atoms with Gasteiger partial charge in [-0.05, 0) is 58.2 Å². The van der Waals surface area contributed by atoms with Crippen molar-refractivity contribution < 1.29 is 4.74 Å². The summed E-state index contributed by atoms with van der Waals surface area (Å²) in [6, 6.07) is 11.5. The van der Waals surface area contributed by atoms with Crippen molar-refractivity contribution in [3.05, 3.63) is 56.5 Å². The van der Waals surface area contributed by atoms with E-state index < -0.39 is 0 Å². The number of ether oxygens (including phenoxy) is 1. The number of hydrogen-bond donors (Lipinski definition) is 1. The lowest BCUT2D eigenvalue weighted by atomic mass is 10.1. The smallest absolute Gasteiger partial charge is 0.136 e. The van der Waals surface area contributed by atoms with Crippen molar-refractivity contribution in [3.63, 3.8) is 0 Å². The van der Waals surface area contributed by atoms with E-state index in [-0.39, 0.29) is 0 Å². The van der Waals surface area contributed by atoms with Gasteiger partial charge in [-0.15, -0.1) is 0 Å². The van der Waals surface area contributed by atoms with Gasteiger partial charge in [-0.1, -0.05) is 17.7 Å². The van der Waals surface area contributed by atoms with Crippen LogP contribution in [-0.4, -0.2) is 7.11 Å². The average Bonchev–Trinajstić information content (AvgIpc) is 2.49. The zero-order valence-corrected chi connectivity index (χ0v) is 14.0. The predicted molar refractivity (Wildman–Crippen MR) is 88.9 cm³/mol. The second-order valence-electron chi connectivity index (χ2n) is 4.58. The Hall–Kier alpha value is -1.70. The zero-order chi connectivity index (χ0) is 15.4. The average molecular weight is 366 g/mol. The molecule has 108 valence electrons. The predicted octanol–water partition coefficient (Wildman–Crippen LogP) is 4.90. The van der Waals surface area contributed by atoms with Crippen LogP contribution in [0, 0.1) is 18.3 Å². The SMILES string of the molecule is COc1ccc(CNc2cc(Cl)c(C)cc2Br)cc1C#N. The van der Waals surface area contributed by atoms with E-state index in [9.17, 15) is 0 Å². The third kappa shape index (κ3) is 3.69. The van der Waals surface area contributed by atoms with Crippen LogP contribution in [0.1, 0.15) is 16.7 Å². The minimum Gasteiger partial charge on any atom is -0.495 e. The molecule has 0 saturated carbocycles. The standard InChI is InChI=1S/C16H14BrClN2O/c1-10-5-13(17)15(7-14(10)18)20-9-11-3-4-16(21-2)12(6-11)8-19/h3-7,20H,9H2,1-2H3. The Morgan fingerprint density at radius 1 is 1.33 bits per heavy atom. The van der Waals surface area contributed by atoms with E-state index in [2.05, 4.69) is 27.3 Å². The Bertz CT molecular complexity index is 710. The molecule has 2 aromatic carbocycles. The fraction of sp³-hybridized carbons (Fsp3) is 0.188. The van der Waals surface area contributed by atoms with Crippen LogP contribution in [0.25, 0.3) is 0 Å². The molecule has 0 aliphatic rings. The summed E-state index contributed by atoms with van der Waals surface area (Å²) in [5, 5.41) is 13.1. The maximum Gasteiger partial charge on any atom is 0.136 e. The van der Waals surface area contributed by atoms with Gasteiger partial charge in [0.25, 0.3) is 0 Å². The quantitative estimate of drug-likeness (QED) is 0.838. The monoisotopic (exact) mass is 364 g/mol. The number of rotatable bonds is 4. The van der Waals surface area contributed by atoms with Crippen LogP contribution >= 0.6 is 27.5 Å². The fourth-order valence-electron chi connectivity index (χ4n) is 1.93. The lowest BCUT2D eigenvalue weighted by Crippen LogP contribution is -2.01. The number of nitrogens with one attached hydrogen (secondary N) is 1. The zero-order valence-electron chi connectivity index (χ0n) is 11.7. The van der Waals surface area contributed by atoms with E-state index in [1.54, 1.807) is 13.2 Å². The fourth-order valence-corrected chi connectivity index (χ4v) is 2.69. The molecule has 0 spiro atoms. The molecule has 0 heterocycles. The van der Waals surface area contributed by atoms with E-state index in [0.717, 1.165) is 21.3 Å².